The second-order valence-electron chi connectivity index (χ2n) is 7.30. The van der Waals surface area contributed by atoms with Crippen LogP contribution in [-0.2, 0) is 6.42 Å². The molecule has 0 aromatic carbocycles. The Bertz CT molecular complexity index is 394. The summed E-state index contributed by atoms with van der Waals surface area (Å²) in [5.74, 6) is 3.03. The summed E-state index contributed by atoms with van der Waals surface area (Å²) >= 11 is 0. The molecule has 1 aromatic rings. The maximum absolute atomic E-state index is 5.50. The van der Waals surface area contributed by atoms with Gasteiger partial charge in [-0.25, -0.2) is 0 Å². The second kappa shape index (κ2) is 7.49. The minimum absolute atomic E-state index is 0.519. The molecule has 0 amide bonds. The first kappa shape index (κ1) is 15.1. The highest BCUT2D eigenvalue weighted by atomic mass is 16.3. The van der Waals surface area contributed by atoms with E-state index < -0.39 is 0 Å². The molecule has 1 N–H and O–H groups in total. The van der Waals surface area contributed by atoms with E-state index in [0.29, 0.717) is 6.04 Å². The summed E-state index contributed by atoms with van der Waals surface area (Å²) in [5.41, 5.74) is 0. The van der Waals surface area contributed by atoms with Crippen molar-refractivity contribution in [1.29, 1.82) is 0 Å². The third-order valence-electron chi connectivity index (χ3n) is 5.66. The van der Waals surface area contributed by atoms with Gasteiger partial charge in [-0.3, -0.25) is 0 Å². The van der Waals surface area contributed by atoms with Crippen LogP contribution in [0.4, 0.5) is 0 Å². The third kappa shape index (κ3) is 4.12. The Morgan fingerprint density at radius 1 is 1.10 bits per heavy atom. The summed E-state index contributed by atoms with van der Waals surface area (Å²) in [6, 6.07) is 5.35. The SMILES string of the molecule is CC(Cc1ccco1)NC1CCCCC1C1CCCCC1. The fourth-order valence-electron chi connectivity index (χ4n) is 4.65. The van der Waals surface area contributed by atoms with Crippen molar-refractivity contribution in [3.05, 3.63) is 24.2 Å². The number of furan rings is 1. The van der Waals surface area contributed by atoms with Crippen molar-refractivity contribution in [2.24, 2.45) is 11.8 Å². The van der Waals surface area contributed by atoms with Crippen LogP contribution < -0.4 is 5.32 Å². The Labute approximate surface area is 129 Å². The molecular weight excluding hydrogens is 258 g/mol. The van der Waals surface area contributed by atoms with Gasteiger partial charge in [0.25, 0.3) is 0 Å². The van der Waals surface area contributed by atoms with Gasteiger partial charge in [0.2, 0.25) is 0 Å². The minimum atomic E-state index is 0.519. The smallest absolute Gasteiger partial charge is 0.105 e. The Hall–Kier alpha value is -0.760. The van der Waals surface area contributed by atoms with Crippen molar-refractivity contribution in [1.82, 2.24) is 5.32 Å². The minimum Gasteiger partial charge on any atom is -0.469 e. The van der Waals surface area contributed by atoms with E-state index in [9.17, 15) is 0 Å². The highest BCUT2D eigenvalue weighted by Gasteiger charge is 2.32. The fourth-order valence-corrected chi connectivity index (χ4v) is 4.65. The Morgan fingerprint density at radius 2 is 1.86 bits per heavy atom. The van der Waals surface area contributed by atoms with E-state index in [1.165, 1.54) is 57.8 Å². The van der Waals surface area contributed by atoms with Crippen LogP contribution in [0.1, 0.15) is 70.5 Å². The summed E-state index contributed by atoms with van der Waals surface area (Å²) in [5, 5.41) is 3.94. The summed E-state index contributed by atoms with van der Waals surface area (Å²) < 4.78 is 5.50. The molecule has 3 rings (SSSR count). The Kier molecular flexibility index (Phi) is 5.40. The second-order valence-corrected chi connectivity index (χ2v) is 7.30. The fraction of sp³-hybridized carbons (Fsp3) is 0.789. The monoisotopic (exact) mass is 289 g/mol. The van der Waals surface area contributed by atoms with Crippen LogP contribution in [0.15, 0.2) is 22.8 Å². The molecule has 21 heavy (non-hydrogen) atoms. The predicted octanol–water partition coefficient (Wildman–Crippen LogP) is 4.94. The van der Waals surface area contributed by atoms with E-state index in [2.05, 4.69) is 18.3 Å². The molecule has 2 nitrogen and oxygen atoms in total. The van der Waals surface area contributed by atoms with Crippen LogP contribution in [0.3, 0.4) is 0 Å². The standard InChI is InChI=1S/C19H31NO/c1-15(14-17-10-7-13-21-17)20-19-12-6-5-11-18(19)16-8-3-2-4-9-16/h7,10,13,15-16,18-20H,2-6,8-9,11-12,14H2,1H3. The van der Waals surface area contributed by atoms with E-state index in [-0.39, 0.29) is 0 Å². The van der Waals surface area contributed by atoms with Crippen molar-refractivity contribution >= 4 is 0 Å². The number of rotatable bonds is 5. The average molecular weight is 289 g/mol. The lowest BCUT2D eigenvalue weighted by molar-refractivity contribution is 0.142. The van der Waals surface area contributed by atoms with Crippen LogP contribution in [-0.4, -0.2) is 12.1 Å². The maximum atomic E-state index is 5.50. The zero-order valence-corrected chi connectivity index (χ0v) is 13.5. The lowest BCUT2D eigenvalue weighted by atomic mass is 9.71. The van der Waals surface area contributed by atoms with Crippen LogP contribution in [0.25, 0.3) is 0 Å². The van der Waals surface area contributed by atoms with Gasteiger partial charge in [0.1, 0.15) is 5.76 Å². The van der Waals surface area contributed by atoms with Crippen molar-refractivity contribution < 1.29 is 4.42 Å². The molecule has 118 valence electrons. The van der Waals surface area contributed by atoms with E-state index in [4.69, 9.17) is 4.42 Å². The molecular formula is C19H31NO. The predicted molar refractivity (Wildman–Crippen MR) is 87.3 cm³/mol. The van der Waals surface area contributed by atoms with Crippen LogP contribution in [0, 0.1) is 11.8 Å². The zero-order valence-electron chi connectivity index (χ0n) is 13.5. The molecule has 2 aliphatic carbocycles. The molecule has 0 aliphatic heterocycles. The lowest BCUT2D eigenvalue weighted by Gasteiger charge is -2.40. The Balaban J connectivity index is 1.55. The number of hydrogen-bond acceptors (Lipinski definition) is 2. The van der Waals surface area contributed by atoms with Crippen molar-refractivity contribution in [3.8, 4) is 0 Å². The first-order valence-electron chi connectivity index (χ1n) is 9.11. The van der Waals surface area contributed by atoms with Gasteiger partial charge in [0.15, 0.2) is 0 Å². The molecule has 0 spiro atoms. The first-order chi connectivity index (χ1) is 10.3. The van der Waals surface area contributed by atoms with E-state index in [1.807, 2.05) is 6.07 Å². The molecule has 2 fully saturated rings. The summed E-state index contributed by atoms with van der Waals surface area (Å²) in [6.45, 7) is 2.31. The van der Waals surface area contributed by atoms with Crippen molar-refractivity contribution in [2.45, 2.75) is 83.2 Å². The van der Waals surface area contributed by atoms with Gasteiger partial charge in [-0.2, -0.15) is 0 Å². The average Bonchev–Trinajstić information content (AvgIpc) is 3.01. The quantitative estimate of drug-likeness (QED) is 0.830. The first-order valence-corrected chi connectivity index (χ1v) is 9.11. The largest absolute Gasteiger partial charge is 0.469 e. The van der Waals surface area contributed by atoms with Gasteiger partial charge in [-0.1, -0.05) is 44.9 Å². The summed E-state index contributed by atoms with van der Waals surface area (Å²) in [4.78, 5) is 0. The van der Waals surface area contributed by atoms with Crippen LogP contribution in [0.2, 0.25) is 0 Å². The third-order valence-corrected chi connectivity index (χ3v) is 5.66. The highest BCUT2D eigenvalue weighted by molar-refractivity contribution is 5.00. The molecule has 1 heterocycles. The van der Waals surface area contributed by atoms with Crippen molar-refractivity contribution in [3.63, 3.8) is 0 Å². The van der Waals surface area contributed by atoms with Gasteiger partial charge >= 0.3 is 0 Å². The molecule has 0 radical (unpaired) electrons. The van der Waals surface area contributed by atoms with E-state index in [0.717, 1.165) is 30.1 Å². The van der Waals surface area contributed by atoms with E-state index in [1.54, 1.807) is 6.26 Å². The summed E-state index contributed by atoms with van der Waals surface area (Å²) in [7, 11) is 0. The topological polar surface area (TPSA) is 25.2 Å². The lowest BCUT2D eigenvalue weighted by Crippen LogP contribution is -2.46. The van der Waals surface area contributed by atoms with Crippen LogP contribution in [0.5, 0.6) is 0 Å². The molecule has 1 aromatic heterocycles. The molecule has 2 heteroatoms. The van der Waals surface area contributed by atoms with Gasteiger partial charge in [0, 0.05) is 18.5 Å². The Morgan fingerprint density at radius 3 is 2.62 bits per heavy atom. The molecule has 3 unspecified atom stereocenters. The zero-order chi connectivity index (χ0) is 14.5. The van der Waals surface area contributed by atoms with Gasteiger partial charge in [-0.05, 0) is 43.7 Å². The highest BCUT2D eigenvalue weighted by Crippen LogP contribution is 2.38. The molecule has 0 bridgehead atoms. The molecule has 2 aliphatic rings. The van der Waals surface area contributed by atoms with Crippen molar-refractivity contribution in [2.75, 3.05) is 0 Å². The van der Waals surface area contributed by atoms with Gasteiger partial charge in [0.05, 0.1) is 6.26 Å². The summed E-state index contributed by atoms with van der Waals surface area (Å²) in [6.07, 6.45) is 15.9. The molecule has 3 atom stereocenters. The van der Waals surface area contributed by atoms with Gasteiger partial charge < -0.3 is 9.73 Å². The normalized spacial score (nSPS) is 29.4. The van der Waals surface area contributed by atoms with Gasteiger partial charge in [-0.15, -0.1) is 0 Å². The molecule has 0 saturated heterocycles. The van der Waals surface area contributed by atoms with E-state index >= 15 is 0 Å². The number of hydrogen-bond donors (Lipinski definition) is 1. The molecule has 2 saturated carbocycles. The van der Waals surface area contributed by atoms with Crippen LogP contribution >= 0.6 is 0 Å². The maximum Gasteiger partial charge on any atom is 0.105 e. The number of nitrogens with one attached hydrogen (secondary N) is 1.